The van der Waals surface area contributed by atoms with Crippen molar-refractivity contribution < 1.29 is 36.3 Å². The van der Waals surface area contributed by atoms with Crippen LogP contribution in [0, 0.1) is 0 Å². The van der Waals surface area contributed by atoms with Crippen molar-refractivity contribution in [3.8, 4) is 0 Å². The second kappa shape index (κ2) is 19.7. The van der Waals surface area contributed by atoms with Crippen molar-refractivity contribution in [1.82, 2.24) is 0 Å². The van der Waals surface area contributed by atoms with Gasteiger partial charge in [-0.15, -0.1) is 0 Å². The van der Waals surface area contributed by atoms with Gasteiger partial charge in [0.05, 0.1) is 33.0 Å². The van der Waals surface area contributed by atoms with Gasteiger partial charge in [-0.3, -0.25) is 13.7 Å². The maximum Gasteiger partial charge on any atom is 0.340 e. The first kappa shape index (κ1) is 33.5. The summed E-state index contributed by atoms with van der Waals surface area (Å²) in [7, 11) is -11.2. The third kappa shape index (κ3) is 16.7. The van der Waals surface area contributed by atoms with E-state index in [1.54, 1.807) is 0 Å². The van der Waals surface area contributed by atoms with Crippen molar-refractivity contribution in [2.24, 2.45) is 0 Å². The van der Waals surface area contributed by atoms with Gasteiger partial charge < -0.3 is 22.6 Å². The summed E-state index contributed by atoms with van der Waals surface area (Å²) in [4.78, 5) is 0. The van der Waals surface area contributed by atoms with E-state index in [9.17, 15) is 13.7 Å². The molecule has 0 radical (unpaired) electrons. The average Bonchev–Trinajstić information content (AvgIpc) is 2.74. The normalized spacial score (nSPS) is 13.0. The summed E-state index contributed by atoms with van der Waals surface area (Å²) in [6, 6.07) is 0. The van der Waals surface area contributed by atoms with Gasteiger partial charge in [0, 0.05) is 0 Å². The summed E-state index contributed by atoms with van der Waals surface area (Å²) in [6.45, 7) is 11.2. The first-order valence-electron chi connectivity index (χ1n) is 12.7. The molecule has 0 aromatic rings. The Morgan fingerprint density at radius 1 is 0.424 bits per heavy atom. The van der Waals surface area contributed by atoms with E-state index in [1.165, 1.54) is 0 Å². The summed E-state index contributed by atoms with van der Waals surface area (Å²) in [5, 5.41) is 0. The van der Waals surface area contributed by atoms with Crippen molar-refractivity contribution in [3.05, 3.63) is 0 Å². The lowest BCUT2D eigenvalue weighted by Gasteiger charge is -2.27. The van der Waals surface area contributed by atoms with Crippen LogP contribution >= 0.6 is 22.6 Å². The number of hydrogen-bond donors (Lipinski definition) is 0. The lowest BCUT2D eigenvalue weighted by Crippen LogP contribution is -2.10. The molecule has 11 heteroatoms. The lowest BCUT2D eigenvalue weighted by molar-refractivity contribution is 0.200. The van der Waals surface area contributed by atoms with Crippen LogP contribution in [0.3, 0.4) is 0 Å². The van der Waals surface area contributed by atoms with Crippen molar-refractivity contribution in [3.63, 3.8) is 0 Å². The molecule has 0 aliphatic carbocycles. The Bertz CT molecular complexity index is 542. The van der Waals surface area contributed by atoms with Crippen LogP contribution in [0.15, 0.2) is 0 Å². The van der Waals surface area contributed by atoms with E-state index >= 15 is 0 Å². The van der Waals surface area contributed by atoms with E-state index in [2.05, 4.69) is 0 Å². The first-order valence-corrected chi connectivity index (χ1v) is 18.2. The fourth-order valence-corrected chi connectivity index (χ4v) is 12.2. The maximum absolute atomic E-state index is 14.0. The summed E-state index contributed by atoms with van der Waals surface area (Å²) >= 11 is 0. The Balaban J connectivity index is 5.73. The van der Waals surface area contributed by atoms with Crippen LogP contribution in [0.5, 0.6) is 0 Å². The van der Waals surface area contributed by atoms with Gasteiger partial charge in [-0.2, -0.15) is 0 Å². The van der Waals surface area contributed by atoms with Crippen LogP contribution in [0.4, 0.5) is 0 Å². The monoisotopic (exact) mass is 534 g/mol. The first-order chi connectivity index (χ1) is 15.7. The molecule has 0 N–H and O–H groups in total. The Kier molecular flexibility index (Phi) is 19.9. The average molecular weight is 535 g/mol. The summed E-state index contributed by atoms with van der Waals surface area (Å²) < 4.78 is 69.4. The van der Waals surface area contributed by atoms with E-state index in [0.717, 1.165) is 32.1 Å². The van der Waals surface area contributed by atoms with Gasteiger partial charge in [-0.05, 0) is 32.1 Å². The molecule has 0 heterocycles. The van der Waals surface area contributed by atoms with E-state index in [1.807, 2.05) is 34.6 Å². The van der Waals surface area contributed by atoms with E-state index in [-0.39, 0.29) is 33.0 Å². The zero-order valence-electron chi connectivity index (χ0n) is 21.6. The summed E-state index contributed by atoms with van der Waals surface area (Å²) in [5.74, 6) is -0.842. The molecule has 0 rings (SSSR count). The molecule has 200 valence electrons. The fourth-order valence-electron chi connectivity index (χ4n) is 2.66. The SMILES string of the molecule is CCCCOP(=O)(CP(=O)(OCCCC)OCCCC)CP(=O)(OCCCC)OCCCC. The van der Waals surface area contributed by atoms with Crippen molar-refractivity contribution >= 4 is 22.6 Å². The minimum absolute atomic E-state index is 0.210. The van der Waals surface area contributed by atoms with E-state index in [4.69, 9.17) is 22.6 Å². The van der Waals surface area contributed by atoms with E-state index < -0.39 is 34.4 Å². The molecule has 0 saturated heterocycles. The Morgan fingerprint density at radius 3 is 0.909 bits per heavy atom. The van der Waals surface area contributed by atoms with Gasteiger partial charge >= 0.3 is 15.2 Å². The Labute approximate surface area is 202 Å². The Morgan fingerprint density at radius 2 is 0.667 bits per heavy atom. The molecule has 0 amide bonds. The molecule has 0 spiro atoms. The highest BCUT2D eigenvalue weighted by Gasteiger charge is 2.44. The van der Waals surface area contributed by atoms with Crippen LogP contribution in [-0.4, -0.2) is 44.8 Å². The topological polar surface area (TPSA) is 97.4 Å². The molecule has 0 aromatic heterocycles. The molecule has 0 saturated carbocycles. The van der Waals surface area contributed by atoms with Gasteiger partial charge in [0.1, 0.15) is 11.8 Å². The summed E-state index contributed by atoms with van der Waals surface area (Å²) in [5.41, 5.74) is 0. The van der Waals surface area contributed by atoms with Crippen LogP contribution in [0.1, 0.15) is 98.8 Å². The van der Waals surface area contributed by atoms with Crippen LogP contribution < -0.4 is 0 Å². The predicted molar refractivity (Wildman–Crippen MR) is 137 cm³/mol. The molecular formula is C22H49O8P3. The molecule has 8 nitrogen and oxygen atoms in total. The van der Waals surface area contributed by atoms with Crippen LogP contribution in [0.2, 0.25) is 0 Å². The quantitative estimate of drug-likeness (QED) is 0.0896. The Hall–Kier alpha value is 0.490. The zero-order valence-corrected chi connectivity index (χ0v) is 24.3. The summed E-state index contributed by atoms with van der Waals surface area (Å²) in [6.07, 6.45) is 7.83. The molecule has 0 aromatic carbocycles. The highest BCUT2D eigenvalue weighted by atomic mass is 31.3. The van der Waals surface area contributed by atoms with Gasteiger partial charge in [-0.25, -0.2) is 0 Å². The van der Waals surface area contributed by atoms with Crippen LogP contribution in [-0.2, 0) is 36.3 Å². The second-order valence-corrected chi connectivity index (χ2v) is 15.9. The molecule has 33 heavy (non-hydrogen) atoms. The zero-order chi connectivity index (χ0) is 25.1. The molecule has 0 aliphatic rings. The molecule has 0 fully saturated rings. The number of hydrogen-bond acceptors (Lipinski definition) is 8. The standard InChI is InChI=1S/C22H49O8P3/c1-6-11-16-26-31(23,21-32(24,27-17-12-7-2)28-18-13-8-3)22-33(25,29-19-14-9-4)30-20-15-10-5/h6-22H2,1-5H3. The molecule has 0 bridgehead atoms. The van der Waals surface area contributed by atoms with E-state index in [0.29, 0.717) is 32.1 Å². The number of rotatable bonds is 24. The van der Waals surface area contributed by atoms with Crippen LogP contribution in [0.25, 0.3) is 0 Å². The minimum atomic E-state index is -3.72. The van der Waals surface area contributed by atoms with Gasteiger partial charge in [0.15, 0.2) is 0 Å². The van der Waals surface area contributed by atoms with Gasteiger partial charge in [-0.1, -0.05) is 66.7 Å². The molecule has 0 atom stereocenters. The van der Waals surface area contributed by atoms with Gasteiger partial charge in [0.2, 0.25) is 7.37 Å². The predicted octanol–water partition coefficient (Wildman–Crippen LogP) is 8.65. The molecular weight excluding hydrogens is 485 g/mol. The highest BCUT2D eigenvalue weighted by molar-refractivity contribution is 7.80. The van der Waals surface area contributed by atoms with Gasteiger partial charge in [0.25, 0.3) is 0 Å². The third-order valence-electron chi connectivity index (χ3n) is 4.75. The van der Waals surface area contributed by atoms with Crippen molar-refractivity contribution in [2.45, 2.75) is 98.8 Å². The molecule has 0 unspecified atom stereocenters. The second-order valence-electron chi connectivity index (χ2n) is 8.25. The number of unbranched alkanes of at least 4 members (excludes halogenated alkanes) is 5. The third-order valence-corrected chi connectivity index (χ3v) is 13.9. The van der Waals surface area contributed by atoms with Crippen molar-refractivity contribution in [2.75, 3.05) is 44.8 Å². The minimum Gasteiger partial charge on any atom is -0.328 e. The van der Waals surface area contributed by atoms with Crippen molar-refractivity contribution in [1.29, 1.82) is 0 Å². The molecule has 0 aliphatic heterocycles. The fraction of sp³-hybridized carbons (Fsp3) is 1.00. The highest BCUT2D eigenvalue weighted by Crippen LogP contribution is 2.70. The smallest absolute Gasteiger partial charge is 0.328 e. The largest absolute Gasteiger partial charge is 0.340 e. The lowest BCUT2D eigenvalue weighted by atomic mass is 10.4. The maximum atomic E-state index is 14.0.